The molecule has 0 radical (unpaired) electrons. The van der Waals surface area contributed by atoms with Crippen molar-refractivity contribution in [3.63, 3.8) is 0 Å². The Morgan fingerprint density at radius 1 is 0.778 bits per heavy atom. The molecule has 1 amide bonds. The molecule has 5 N–H and O–H groups in total. The number of H-pyrrole nitrogens is 2. The first-order chi connectivity index (χ1) is 26.1. The topological polar surface area (TPSA) is 219 Å². The summed E-state index contributed by atoms with van der Waals surface area (Å²) in [5.74, 6) is -0.00263. The molecular formula is C35H32Br2N14O3. The second-order valence-electron chi connectivity index (χ2n) is 13.0. The smallest absolute Gasteiger partial charge is 0.353 e. The van der Waals surface area contributed by atoms with Crippen LogP contribution in [0.5, 0.6) is 0 Å². The molecule has 0 unspecified atom stereocenters. The summed E-state index contributed by atoms with van der Waals surface area (Å²) in [7, 11) is 4.18. The molecule has 6 aromatic rings. The normalized spacial score (nSPS) is 14.7. The standard InChI is InChI=1S/C21H23BrN8O.C14H9BrN6O2/c1-29(2)14-3-5-30(6-4-14)21(31)18-17(22)16-19(25-11-26-20(16)28-18)27-13-7-12-8-23-10-15(12)24-9-13;15-10-9-12(18-5-19-13(9)21-11(10)14(22)23)20-7-1-6-2-16-4-8(6)17-3-7/h7-9,11,14H,3-6,10H2,1-2H3,(H2,25,26,27,28);1-3,5H,4H2,(H,22,23)(H2,18,19,20,21). The quantitative estimate of drug-likeness (QED) is 0.136. The second kappa shape index (κ2) is 14.6. The number of halogens is 2. The largest absolute Gasteiger partial charge is 0.477 e. The lowest BCUT2D eigenvalue weighted by Crippen LogP contribution is -2.44. The predicted molar refractivity (Wildman–Crippen MR) is 210 cm³/mol. The highest BCUT2D eigenvalue weighted by Gasteiger charge is 2.28. The average molecular weight is 857 g/mol. The van der Waals surface area contributed by atoms with Crippen LogP contribution < -0.4 is 10.6 Å². The third-order valence-electron chi connectivity index (χ3n) is 9.44. The summed E-state index contributed by atoms with van der Waals surface area (Å²) in [4.78, 5) is 68.8. The Labute approximate surface area is 324 Å². The molecule has 3 aliphatic heterocycles. The number of amides is 1. The molecule has 0 bridgehead atoms. The fourth-order valence-electron chi connectivity index (χ4n) is 6.58. The van der Waals surface area contributed by atoms with Crippen molar-refractivity contribution in [3.8, 4) is 0 Å². The number of fused-ring (bicyclic) bond motifs is 4. The maximum Gasteiger partial charge on any atom is 0.353 e. The number of aliphatic imine (C=N–C) groups is 2. The first-order valence-corrected chi connectivity index (χ1v) is 18.5. The van der Waals surface area contributed by atoms with Gasteiger partial charge >= 0.3 is 5.97 Å². The Hall–Kier alpha value is -5.66. The van der Waals surface area contributed by atoms with Crippen molar-refractivity contribution in [1.29, 1.82) is 0 Å². The summed E-state index contributed by atoms with van der Waals surface area (Å²) in [6, 6.07) is 4.43. The van der Waals surface area contributed by atoms with Gasteiger partial charge in [0.1, 0.15) is 47.0 Å². The van der Waals surface area contributed by atoms with E-state index >= 15 is 0 Å². The van der Waals surface area contributed by atoms with Gasteiger partial charge in [-0.25, -0.2) is 24.7 Å². The molecule has 274 valence electrons. The van der Waals surface area contributed by atoms with E-state index < -0.39 is 5.97 Å². The van der Waals surface area contributed by atoms with E-state index in [0.717, 1.165) is 65.2 Å². The van der Waals surface area contributed by atoms with Gasteiger partial charge in [-0.05, 0) is 70.9 Å². The highest BCUT2D eigenvalue weighted by molar-refractivity contribution is 9.11. The molecule has 17 nitrogen and oxygen atoms in total. The van der Waals surface area contributed by atoms with Crippen LogP contribution in [0.2, 0.25) is 0 Å². The summed E-state index contributed by atoms with van der Waals surface area (Å²) >= 11 is 6.92. The number of likely N-dealkylation sites (tertiary alicyclic amines) is 1. The van der Waals surface area contributed by atoms with Crippen molar-refractivity contribution in [2.45, 2.75) is 32.0 Å². The number of aromatic amines is 2. The molecule has 9 rings (SSSR count). The first kappa shape index (κ1) is 35.4. The Morgan fingerprint density at radius 2 is 1.28 bits per heavy atom. The van der Waals surface area contributed by atoms with Crippen molar-refractivity contribution < 1.29 is 14.7 Å². The number of aromatic carboxylic acids is 1. The van der Waals surface area contributed by atoms with Crippen LogP contribution in [0.1, 0.15) is 56.3 Å². The van der Waals surface area contributed by atoms with Crippen LogP contribution in [0, 0.1) is 0 Å². The van der Waals surface area contributed by atoms with E-state index in [1.165, 1.54) is 12.7 Å². The van der Waals surface area contributed by atoms with Gasteiger partial charge in [0.25, 0.3) is 5.91 Å². The van der Waals surface area contributed by atoms with Gasteiger partial charge in [0, 0.05) is 42.7 Å². The number of hydrogen-bond donors (Lipinski definition) is 5. The Morgan fingerprint density at radius 3 is 1.78 bits per heavy atom. The van der Waals surface area contributed by atoms with Gasteiger partial charge in [-0.1, -0.05) is 0 Å². The number of hydrogen-bond acceptors (Lipinski definition) is 13. The molecule has 19 heteroatoms. The van der Waals surface area contributed by atoms with Crippen LogP contribution in [0.15, 0.2) is 56.1 Å². The van der Waals surface area contributed by atoms with Crippen molar-refractivity contribution in [3.05, 3.63) is 80.0 Å². The molecule has 1 saturated heterocycles. The molecule has 0 atom stereocenters. The second-order valence-corrected chi connectivity index (χ2v) is 14.6. The summed E-state index contributed by atoms with van der Waals surface area (Å²) in [6.07, 6.45) is 11.8. The van der Waals surface area contributed by atoms with E-state index in [4.69, 9.17) is 0 Å². The maximum absolute atomic E-state index is 13.2. The zero-order chi connectivity index (χ0) is 37.5. The third-order valence-corrected chi connectivity index (χ3v) is 11.0. The van der Waals surface area contributed by atoms with E-state index in [1.807, 2.05) is 23.2 Å². The van der Waals surface area contributed by atoms with Crippen LogP contribution in [-0.4, -0.2) is 112 Å². The van der Waals surface area contributed by atoms with Crippen LogP contribution in [0.25, 0.3) is 22.1 Å². The van der Waals surface area contributed by atoms with Gasteiger partial charge < -0.3 is 35.5 Å². The van der Waals surface area contributed by atoms with Gasteiger partial charge in [0.15, 0.2) is 0 Å². The summed E-state index contributed by atoms with van der Waals surface area (Å²) < 4.78 is 1.07. The van der Waals surface area contributed by atoms with Crippen molar-refractivity contribution in [2.75, 3.05) is 37.8 Å². The molecule has 3 aliphatic rings. The molecule has 9 heterocycles. The first-order valence-electron chi connectivity index (χ1n) is 16.9. The zero-order valence-electron chi connectivity index (χ0n) is 28.9. The van der Waals surface area contributed by atoms with Gasteiger partial charge in [-0.3, -0.25) is 24.7 Å². The van der Waals surface area contributed by atoms with Gasteiger partial charge in [-0.15, -0.1) is 0 Å². The zero-order valence-corrected chi connectivity index (χ0v) is 32.1. The lowest BCUT2D eigenvalue weighted by atomic mass is 10.0. The number of carbonyl (C=O) groups excluding carboxylic acids is 1. The lowest BCUT2D eigenvalue weighted by molar-refractivity contribution is 0.0655. The minimum atomic E-state index is -1.07. The van der Waals surface area contributed by atoms with Gasteiger partial charge in [0.2, 0.25) is 0 Å². The predicted octanol–water partition coefficient (Wildman–Crippen LogP) is 5.45. The van der Waals surface area contributed by atoms with E-state index in [1.54, 1.807) is 18.6 Å². The van der Waals surface area contributed by atoms with Crippen LogP contribution in [-0.2, 0) is 13.1 Å². The van der Waals surface area contributed by atoms with Gasteiger partial charge in [0.05, 0.1) is 68.0 Å². The lowest BCUT2D eigenvalue weighted by Gasteiger charge is -2.35. The molecule has 54 heavy (non-hydrogen) atoms. The number of nitrogens with one attached hydrogen (secondary N) is 4. The number of carboxylic acids is 1. The Kier molecular flexibility index (Phi) is 9.59. The SMILES string of the molecule is CN(C)C1CCN(C(=O)c2[nH]c3ncnc(Nc4cnc5c(c4)C=NC5)c3c2Br)CC1.O=C(O)c1[nH]c2ncnc(Nc3cnc4c(c3)C=NC4)c2c1Br. The highest BCUT2D eigenvalue weighted by Crippen LogP contribution is 2.35. The van der Waals surface area contributed by atoms with Crippen molar-refractivity contribution in [2.24, 2.45) is 9.98 Å². The summed E-state index contributed by atoms with van der Waals surface area (Å²) in [5.41, 5.74) is 6.96. The summed E-state index contributed by atoms with van der Waals surface area (Å²) in [5, 5.41) is 17.0. The third kappa shape index (κ3) is 6.80. The number of rotatable bonds is 7. The average Bonchev–Trinajstić information content (AvgIpc) is 3.97. The molecule has 6 aromatic heterocycles. The fraction of sp³-hybridized carbons (Fsp3) is 0.257. The Balaban J connectivity index is 0.000000160. The molecule has 0 aromatic carbocycles. The highest BCUT2D eigenvalue weighted by atomic mass is 79.9. The fourth-order valence-corrected chi connectivity index (χ4v) is 7.87. The number of nitrogens with zero attached hydrogens (tertiary/aromatic N) is 10. The van der Waals surface area contributed by atoms with Crippen LogP contribution >= 0.6 is 31.9 Å². The number of anilines is 4. The number of carbonyl (C=O) groups is 2. The number of aromatic nitrogens is 8. The maximum atomic E-state index is 13.2. The summed E-state index contributed by atoms with van der Waals surface area (Å²) in [6.45, 7) is 2.69. The Bertz CT molecular complexity index is 2500. The van der Waals surface area contributed by atoms with E-state index in [2.05, 4.69) is 111 Å². The van der Waals surface area contributed by atoms with E-state index in [9.17, 15) is 14.7 Å². The molecule has 1 fully saturated rings. The number of pyridine rings is 2. The van der Waals surface area contributed by atoms with Gasteiger partial charge in [-0.2, -0.15) is 0 Å². The number of piperidine rings is 1. The van der Waals surface area contributed by atoms with Crippen LogP contribution in [0.3, 0.4) is 0 Å². The van der Waals surface area contributed by atoms with Crippen LogP contribution in [0.4, 0.5) is 23.0 Å². The van der Waals surface area contributed by atoms with E-state index in [0.29, 0.717) is 62.1 Å². The minimum absolute atomic E-state index is 0.0246. The number of carboxylic acid groups (broad SMARTS) is 1. The monoisotopic (exact) mass is 854 g/mol. The molecule has 0 spiro atoms. The van der Waals surface area contributed by atoms with Crippen molar-refractivity contribution >= 4 is 101 Å². The van der Waals surface area contributed by atoms with E-state index in [-0.39, 0.29) is 11.6 Å². The van der Waals surface area contributed by atoms with Crippen molar-refractivity contribution in [1.82, 2.24) is 49.7 Å². The minimum Gasteiger partial charge on any atom is -0.477 e. The molecular weight excluding hydrogens is 824 g/mol. The molecule has 0 saturated carbocycles. The molecule has 0 aliphatic carbocycles.